The molecule has 1 fully saturated rings. The van der Waals surface area contributed by atoms with Gasteiger partial charge in [-0.05, 0) is 25.7 Å². The molecule has 11 N–H and O–H groups in total. The number of anilines is 1. The molecule has 7 atom stereocenters. The van der Waals surface area contributed by atoms with E-state index in [9.17, 15) is 62.7 Å². The number of thioether (sulfide) groups is 1. The number of hydrogen-bond acceptors (Lipinski definition) is 19. The van der Waals surface area contributed by atoms with E-state index in [4.69, 9.17) is 24.6 Å². The molecule has 0 aliphatic carbocycles. The summed E-state index contributed by atoms with van der Waals surface area (Å²) in [5, 5.41) is 35.0. The number of carboxylic acids is 1. The number of ether oxygens (including phenoxy) is 1. The Morgan fingerprint density at radius 1 is 0.968 bits per heavy atom. The fourth-order valence-corrected chi connectivity index (χ4v) is 9.01. The van der Waals surface area contributed by atoms with Crippen molar-refractivity contribution in [2.75, 3.05) is 37.8 Å². The number of phosphoric acid groups is 3. The van der Waals surface area contributed by atoms with Gasteiger partial charge in [0.25, 0.3) is 0 Å². The number of carbonyl (C=O) groups excluding carboxylic acids is 3. The number of amides is 2. The van der Waals surface area contributed by atoms with Gasteiger partial charge < -0.3 is 56.0 Å². The van der Waals surface area contributed by atoms with Crippen molar-refractivity contribution in [3.05, 3.63) is 37.0 Å². The summed E-state index contributed by atoms with van der Waals surface area (Å²) in [6, 6.07) is 0. The van der Waals surface area contributed by atoms with Crippen LogP contribution in [0.4, 0.5) is 5.82 Å². The number of nitrogens with one attached hydrogen (secondary N) is 2. The van der Waals surface area contributed by atoms with Gasteiger partial charge >= 0.3 is 29.4 Å². The lowest BCUT2D eigenvalue weighted by atomic mass is 9.87. The molecule has 2 aromatic rings. The summed E-state index contributed by atoms with van der Waals surface area (Å²) in [7, 11) is -16.4. The van der Waals surface area contributed by atoms with E-state index < -0.39 is 90.5 Å². The minimum atomic E-state index is -5.59. The number of hydrogen-bond donors (Lipinski definition) is 10. The van der Waals surface area contributed by atoms with E-state index in [2.05, 4.69) is 34.4 Å². The van der Waals surface area contributed by atoms with Crippen molar-refractivity contribution in [2.24, 2.45) is 5.41 Å². The van der Waals surface area contributed by atoms with Gasteiger partial charge in [-0.15, -0.1) is 0 Å². The SMILES string of the molecule is CC(C)(COP(=O)(O)OP(=O)(O)OCC1OC(n2cnc3c(N)ncnc32)C(O)C1OP(=O)(O)O)C(O)C(=O)NCCC(=O)NCCSC(=O)CCC/C=C/CC/C=C/CC(=O)O. The molecular formula is C33H52N7O19P3S. The van der Waals surface area contributed by atoms with Crippen LogP contribution in [0.5, 0.6) is 0 Å². The number of nitrogens with zero attached hydrogens (tertiary/aromatic N) is 4. The summed E-state index contributed by atoms with van der Waals surface area (Å²) in [5.41, 5.74) is 4.24. The molecule has 2 amide bonds. The first kappa shape index (κ1) is 53.8. The third-order valence-corrected chi connectivity index (χ3v) is 12.7. The molecule has 0 bridgehead atoms. The van der Waals surface area contributed by atoms with Gasteiger partial charge in [-0.25, -0.2) is 28.6 Å². The van der Waals surface area contributed by atoms with Gasteiger partial charge in [-0.2, -0.15) is 4.31 Å². The number of unbranched alkanes of at least 4 members (excludes halogenated alkanes) is 2. The van der Waals surface area contributed by atoms with Crippen molar-refractivity contribution in [3.63, 3.8) is 0 Å². The third-order valence-electron chi connectivity index (χ3n) is 8.64. The molecule has 0 radical (unpaired) electrons. The fourth-order valence-electron chi connectivity index (χ4n) is 5.46. The molecule has 26 nitrogen and oxygen atoms in total. The molecule has 3 heterocycles. The zero-order valence-corrected chi connectivity index (χ0v) is 37.5. The number of aromatic nitrogens is 4. The highest BCUT2D eigenvalue weighted by atomic mass is 32.2. The van der Waals surface area contributed by atoms with Crippen LogP contribution < -0.4 is 16.4 Å². The molecular weight excluding hydrogens is 923 g/mol. The number of nitrogens with two attached hydrogens (primary N) is 1. The minimum Gasteiger partial charge on any atom is -0.481 e. The molecule has 1 aliphatic rings. The zero-order valence-electron chi connectivity index (χ0n) is 34.0. The molecule has 0 spiro atoms. The van der Waals surface area contributed by atoms with E-state index in [0.717, 1.165) is 41.8 Å². The Balaban J connectivity index is 1.37. The number of aliphatic carboxylic acids is 1. The van der Waals surface area contributed by atoms with E-state index in [1.165, 1.54) is 13.8 Å². The molecule has 2 aromatic heterocycles. The largest absolute Gasteiger partial charge is 0.481 e. The van der Waals surface area contributed by atoms with Gasteiger partial charge in [0.2, 0.25) is 11.8 Å². The van der Waals surface area contributed by atoms with Gasteiger partial charge in [0.05, 0.1) is 26.0 Å². The summed E-state index contributed by atoms with van der Waals surface area (Å²) >= 11 is 1.07. The molecule has 354 valence electrons. The lowest BCUT2D eigenvalue weighted by Gasteiger charge is -2.30. The first-order chi connectivity index (χ1) is 29.4. The number of fused-ring (bicyclic) bond motifs is 1. The van der Waals surface area contributed by atoms with Crippen LogP contribution in [-0.2, 0) is 55.5 Å². The minimum absolute atomic E-state index is 0.0103. The Morgan fingerprint density at radius 3 is 2.32 bits per heavy atom. The Bertz CT molecular complexity index is 2090. The second-order valence-electron chi connectivity index (χ2n) is 14.3. The van der Waals surface area contributed by atoms with Crippen molar-refractivity contribution < 1.29 is 90.4 Å². The number of allylic oxidation sites excluding steroid dienone is 3. The Hall–Kier alpha value is -3.49. The Morgan fingerprint density at radius 2 is 1.63 bits per heavy atom. The highest BCUT2D eigenvalue weighted by Crippen LogP contribution is 2.61. The smallest absolute Gasteiger partial charge is 0.481 e. The van der Waals surface area contributed by atoms with E-state index in [1.807, 2.05) is 12.2 Å². The molecule has 1 saturated heterocycles. The number of carbonyl (C=O) groups is 4. The topological polar surface area (TPSA) is 401 Å². The van der Waals surface area contributed by atoms with Crippen LogP contribution in [0.15, 0.2) is 37.0 Å². The number of aliphatic hydroxyl groups is 2. The third kappa shape index (κ3) is 18.9. The second kappa shape index (κ2) is 24.7. The molecule has 1 aliphatic heterocycles. The molecule has 0 aromatic carbocycles. The average molecular weight is 976 g/mol. The number of imidazole rings is 1. The standard InChI is InChI=1S/C33H52N7O19P3S/c1-33(2,28(46)31(47)36-14-13-22(41)35-15-16-63-24(44)12-10-8-6-4-3-5-7-9-11-23(42)43)18-56-62(53,54)59-61(51,52)55-17-21-27(58-60(48,49)50)26(45)32(57-21)40-20-39-25-29(34)37-19-38-30(25)40/h4,6-7,9,19-21,26-28,32,45-46H,3,5,8,10-18H2,1-2H3,(H,35,41)(H,36,47)(H,42,43)(H,51,52)(H,53,54)(H2,34,37,38)(H2,48,49,50)/b6-4+,9-7+. The van der Waals surface area contributed by atoms with E-state index in [0.29, 0.717) is 25.0 Å². The first-order valence-electron chi connectivity index (χ1n) is 19.0. The predicted molar refractivity (Wildman–Crippen MR) is 221 cm³/mol. The van der Waals surface area contributed by atoms with Gasteiger partial charge in [-0.1, -0.05) is 49.9 Å². The van der Waals surface area contributed by atoms with Crippen LogP contribution in [0.2, 0.25) is 0 Å². The lowest BCUT2D eigenvalue weighted by Crippen LogP contribution is -2.46. The summed E-state index contributed by atoms with van der Waals surface area (Å²) in [6.07, 6.45) is 3.53. The van der Waals surface area contributed by atoms with Crippen molar-refractivity contribution >= 4 is 75.1 Å². The first-order valence-corrected chi connectivity index (χ1v) is 24.5. The highest BCUT2D eigenvalue weighted by Gasteiger charge is 2.50. The van der Waals surface area contributed by atoms with E-state index in [1.54, 1.807) is 12.2 Å². The normalized spacial score (nSPS) is 20.8. The number of aliphatic hydroxyl groups excluding tert-OH is 2. The second-order valence-corrected chi connectivity index (χ2v) is 19.7. The molecule has 7 unspecified atom stereocenters. The maximum absolute atomic E-state index is 12.7. The van der Waals surface area contributed by atoms with Crippen LogP contribution in [0.3, 0.4) is 0 Å². The predicted octanol–water partition coefficient (Wildman–Crippen LogP) is 1.20. The van der Waals surface area contributed by atoms with E-state index >= 15 is 0 Å². The molecule has 63 heavy (non-hydrogen) atoms. The van der Waals surface area contributed by atoms with Crippen molar-refractivity contribution in [1.29, 1.82) is 0 Å². The van der Waals surface area contributed by atoms with Crippen LogP contribution in [-0.4, -0.2) is 134 Å². The zero-order chi connectivity index (χ0) is 47.0. The van der Waals surface area contributed by atoms with Crippen molar-refractivity contribution in [3.8, 4) is 0 Å². The Kier molecular flexibility index (Phi) is 21.1. The average Bonchev–Trinajstić information content (AvgIpc) is 3.75. The molecule has 0 saturated carbocycles. The maximum atomic E-state index is 12.7. The van der Waals surface area contributed by atoms with Gasteiger partial charge in [0.15, 0.2) is 22.8 Å². The van der Waals surface area contributed by atoms with Crippen LogP contribution in [0.1, 0.15) is 65.0 Å². The lowest BCUT2D eigenvalue weighted by molar-refractivity contribution is -0.137. The summed E-state index contributed by atoms with van der Waals surface area (Å²) < 4.78 is 62.2. The van der Waals surface area contributed by atoms with Crippen LogP contribution in [0.25, 0.3) is 11.2 Å². The summed E-state index contributed by atoms with van der Waals surface area (Å²) in [5.74, 6) is -2.05. The molecule has 30 heteroatoms. The van der Waals surface area contributed by atoms with Crippen molar-refractivity contribution in [2.45, 2.75) is 89.4 Å². The number of phosphoric ester groups is 3. The van der Waals surface area contributed by atoms with E-state index in [-0.39, 0.29) is 48.0 Å². The number of nitrogen functional groups attached to an aromatic ring is 1. The fraction of sp³-hybridized carbons (Fsp3) is 0.606. The summed E-state index contributed by atoms with van der Waals surface area (Å²) in [4.78, 5) is 98.4. The Labute approximate surface area is 364 Å². The molecule has 3 rings (SSSR count). The highest BCUT2D eigenvalue weighted by molar-refractivity contribution is 8.13. The monoisotopic (exact) mass is 975 g/mol. The number of carboxylic acid groups (broad SMARTS) is 1. The maximum Gasteiger partial charge on any atom is 0.481 e. The number of rotatable bonds is 28. The van der Waals surface area contributed by atoms with Gasteiger partial charge in [0, 0.05) is 37.1 Å². The van der Waals surface area contributed by atoms with Crippen molar-refractivity contribution in [1.82, 2.24) is 30.2 Å². The van der Waals surface area contributed by atoms with Crippen LogP contribution >= 0.6 is 35.2 Å². The van der Waals surface area contributed by atoms with Gasteiger partial charge in [-0.3, -0.25) is 37.3 Å². The van der Waals surface area contributed by atoms with Crippen LogP contribution in [0, 0.1) is 5.41 Å². The summed E-state index contributed by atoms with van der Waals surface area (Å²) in [6.45, 7) is 0.410. The van der Waals surface area contributed by atoms with Gasteiger partial charge in [0.1, 0.15) is 36.3 Å². The quantitative estimate of drug-likeness (QED) is 0.0325.